The zero-order valence-corrected chi connectivity index (χ0v) is 12.2. The summed E-state index contributed by atoms with van der Waals surface area (Å²) in [5.41, 5.74) is 0. The Hall–Kier alpha value is -0.460. The van der Waals surface area contributed by atoms with Crippen LogP contribution in [0.1, 0.15) is 30.5 Å². The molecule has 2 aromatic rings. The zero-order valence-electron chi connectivity index (χ0n) is 9.03. The molecule has 0 saturated carbocycles. The van der Waals surface area contributed by atoms with Crippen LogP contribution >= 0.6 is 38.8 Å². The first-order valence-corrected chi connectivity index (χ1v) is 7.40. The van der Waals surface area contributed by atoms with E-state index in [1.165, 1.54) is 16.4 Å². The van der Waals surface area contributed by atoms with Crippen LogP contribution in [0.5, 0.6) is 0 Å². The van der Waals surface area contributed by atoms with E-state index in [9.17, 15) is 0 Å². The smallest absolute Gasteiger partial charge is 0.202 e. The lowest BCUT2D eigenvalue weighted by Gasteiger charge is -2.00. The summed E-state index contributed by atoms with van der Waals surface area (Å²) >= 11 is 6.66. The van der Waals surface area contributed by atoms with Crippen LogP contribution in [-0.2, 0) is 6.54 Å². The van der Waals surface area contributed by atoms with Gasteiger partial charge in [-0.2, -0.15) is 4.37 Å². The van der Waals surface area contributed by atoms with Gasteiger partial charge in [0, 0.05) is 26.8 Å². The molecular formula is C10H12BrN3S2. The van der Waals surface area contributed by atoms with E-state index < -0.39 is 0 Å². The minimum atomic E-state index is 0.389. The minimum absolute atomic E-state index is 0.389. The third-order valence-electron chi connectivity index (χ3n) is 2.05. The van der Waals surface area contributed by atoms with Crippen LogP contribution in [-0.4, -0.2) is 9.36 Å². The Balaban J connectivity index is 1.97. The molecule has 6 heteroatoms. The third-order valence-corrected chi connectivity index (χ3v) is 4.66. The van der Waals surface area contributed by atoms with Crippen molar-refractivity contribution in [2.75, 3.05) is 5.32 Å². The standard InChI is InChI=1S/C10H12BrN3S2/c1-6(2)9-13-10(16-14-9)12-5-8-7(11)3-4-15-8/h3-4,6H,5H2,1-2H3,(H,12,13,14). The van der Waals surface area contributed by atoms with E-state index in [0.29, 0.717) is 5.92 Å². The molecule has 16 heavy (non-hydrogen) atoms. The number of aromatic nitrogens is 2. The second-order valence-corrected chi connectivity index (χ2v) is 6.26. The Morgan fingerprint density at radius 3 is 2.88 bits per heavy atom. The van der Waals surface area contributed by atoms with Crippen LogP contribution in [0.4, 0.5) is 5.13 Å². The van der Waals surface area contributed by atoms with E-state index >= 15 is 0 Å². The third kappa shape index (κ3) is 2.81. The Morgan fingerprint density at radius 1 is 1.50 bits per heavy atom. The minimum Gasteiger partial charge on any atom is -0.355 e. The van der Waals surface area contributed by atoms with Crippen LogP contribution < -0.4 is 5.32 Å². The van der Waals surface area contributed by atoms with Crippen molar-refractivity contribution >= 4 is 43.9 Å². The summed E-state index contributed by atoms with van der Waals surface area (Å²) in [5, 5.41) is 6.25. The highest BCUT2D eigenvalue weighted by molar-refractivity contribution is 9.10. The Bertz CT molecular complexity index is 464. The summed E-state index contributed by atoms with van der Waals surface area (Å²) in [5.74, 6) is 1.30. The average molecular weight is 318 g/mol. The van der Waals surface area contributed by atoms with Crippen LogP contribution in [0.15, 0.2) is 15.9 Å². The highest BCUT2D eigenvalue weighted by Crippen LogP contribution is 2.24. The number of nitrogens with one attached hydrogen (secondary N) is 1. The van der Waals surface area contributed by atoms with E-state index in [0.717, 1.165) is 22.0 Å². The van der Waals surface area contributed by atoms with Crippen LogP contribution in [0.2, 0.25) is 0 Å². The van der Waals surface area contributed by atoms with Crippen molar-refractivity contribution in [3.05, 3.63) is 26.6 Å². The number of hydrogen-bond acceptors (Lipinski definition) is 5. The molecule has 0 atom stereocenters. The molecule has 0 radical (unpaired) electrons. The number of nitrogens with zero attached hydrogens (tertiary/aromatic N) is 2. The molecule has 2 rings (SSSR count). The molecule has 1 N–H and O–H groups in total. The largest absolute Gasteiger partial charge is 0.355 e. The normalized spacial score (nSPS) is 11.0. The second kappa shape index (κ2) is 5.25. The zero-order chi connectivity index (χ0) is 11.5. The fourth-order valence-corrected chi connectivity index (χ4v) is 3.28. The molecule has 0 amide bonds. The van der Waals surface area contributed by atoms with Crippen molar-refractivity contribution in [3.63, 3.8) is 0 Å². The highest BCUT2D eigenvalue weighted by atomic mass is 79.9. The fraction of sp³-hybridized carbons (Fsp3) is 0.400. The number of rotatable bonds is 4. The molecule has 2 heterocycles. The summed E-state index contributed by atoms with van der Waals surface area (Å²) in [6.07, 6.45) is 0. The molecular weight excluding hydrogens is 306 g/mol. The van der Waals surface area contributed by atoms with Crippen molar-refractivity contribution in [1.82, 2.24) is 9.36 Å². The summed E-state index contributed by atoms with van der Waals surface area (Å²) in [6, 6.07) is 2.06. The summed E-state index contributed by atoms with van der Waals surface area (Å²) in [4.78, 5) is 5.70. The first-order chi connectivity index (χ1) is 7.66. The predicted octanol–water partition coefficient (Wildman–Crippen LogP) is 4.10. The van der Waals surface area contributed by atoms with Gasteiger partial charge >= 0.3 is 0 Å². The molecule has 86 valence electrons. The van der Waals surface area contributed by atoms with Gasteiger partial charge in [0.2, 0.25) is 5.13 Å². The SMILES string of the molecule is CC(C)c1nsc(NCc2sccc2Br)n1. The Morgan fingerprint density at radius 2 is 2.31 bits per heavy atom. The van der Waals surface area contributed by atoms with Crippen LogP contribution in [0, 0.1) is 0 Å². The molecule has 2 aromatic heterocycles. The maximum atomic E-state index is 4.42. The van der Waals surface area contributed by atoms with Crippen molar-refractivity contribution in [2.24, 2.45) is 0 Å². The number of anilines is 1. The van der Waals surface area contributed by atoms with Crippen molar-refractivity contribution in [1.29, 1.82) is 0 Å². The fourth-order valence-electron chi connectivity index (χ4n) is 1.15. The summed E-state index contributed by atoms with van der Waals surface area (Å²) in [6.45, 7) is 4.99. The quantitative estimate of drug-likeness (QED) is 0.922. The lowest BCUT2D eigenvalue weighted by molar-refractivity contribution is 0.799. The highest BCUT2D eigenvalue weighted by Gasteiger charge is 2.08. The molecule has 0 unspecified atom stereocenters. The average Bonchev–Trinajstić information content (AvgIpc) is 2.83. The molecule has 0 aliphatic heterocycles. The lowest BCUT2D eigenvalue weighted by Crippen LogP contribution is -1.98. The number of halogens is 1. The Labute approximate surface area is 111 Å². The van der Waals surface area contributed by atoms with Crippen molar-refractivity contribution in [3.8, 4) is 0 Å². The maximum Gasteiger partial charge on any atom is 0.202 e. The summed E-state index contributed by atoms with van der Waals surface area (Å²) in [7, 11) is 0. The van der Waals surface area contributed by atoms with Gasteiger partial charge in [-0.1, -0.05) is 13.8 Å². The molecule has 0 aliphatic carbocycles. The van der Waals surface area contributed by atoms with Gasteiger partial charge in [0.25, 0.3) is 0 Å². The van der Waals surface area contributed by atoms with Gasteiger partial charge in [-0.05, 0) is 27.4 Å². The van der Waals surface area contributed by atoms with E-state index in [-0.39, 0.29) is 0 Å². The van der Waals surface area contributed by atoms with Gasteiger partial charge in [-0.3, -0.25) is 0 Å². The maximum absolute atomic E-state index is 4.42. The van der Waals surface area contributed by atoms with Gasteiger partial charge in [0.15, 0.2) is 0 Å². The van der Waals surface area contributed by atoms with E-state index in [4.69, 9.17) is 0 Å². The lowest BCUT2D eigenvalue weighted by atomic mass is 10.2. The van der Waals surface area contributed by atoms with Crippen molar-refractivity contribution in [2.45, 2.75) is 26.3 Å². The van der Waals surface area contributed by atoms with Crippen molar-refractivity contribution < 1.29 is 0 Å². The van der Waals surface area contributed by atoms with E-state index in [2.05, 4.69) is 55.9 Å². The molecule has 0 spiro atoms. The Kier molecular flexibility index (Phi) is 3.94. The first-order valence-electron chi connectivity index (χ1n) is 4.96. The number of hydrogen-bond donors (Lipinski definition) is 1. The predicted molar refractivity (Wildman–Crippen MR) is 73.3 cm³/mol. The van der Waals surface area contributed by atoms with Gasteiger partial charge in [0.05, 0.1) is 6.54 Å². The molecule has 0 aromatic carbocycles. The molecule has 0 aliphatic rings. The molecule has 0 fully saturated rings. The van der Waals surface area contributed by atoms with Crippen LogP contribution in [0.25, 0.3) is 0 Å². The molecule has 0 saturated heterocycles. The first kappa shape index (κ1) is 12.0. The van der Waals surface area contributed by atoms with E-state index in [1.807, 2.05) is 0 Å². The topological polar surface area (TPSA) is 37.8 Å². The van der Waals surface area contributed by atoms with Gasteiger partial charge in [-0.15, -0.1) is 11.3 Å². The van der Waals surface area contributed by atoms with E-state index in [1.54, 1.807) is 11.3 Å². The summed E-state index contributed by atoms with van der Waals surface area (Å²) < 4.78 is 5.45. The molecule has 3 nitrogen and oxygen atoms in total. The number of thiophene rings is 1. The van der Waals surface area contributed by atoms with Gasteiger partial charge < -0.3 is 5.32 Å². The van der Waals surface area contributed by atoms with Gasteiger partial charge in [-0.25, -0.2) is 4.98 Å². The van der Waals surface area contributed by atoms with Gasteiger partial charge in [0.1, 0.15) is 5.82 Å². The monoisotopic (exact) mass is 317 g/mol. The second-order valence-electron chi connectivity index (χ2n) is 3.66. The molecule has 0 bridgehead atoms. The van der Waals surface area contributed by atoms with Crippen LogP contribution in [0.3, 0.4) is 0 Å².